The second-order valence-corrected chi connectivity index (χ2v) is 5.09. The number of carboxylic acids is 1. The highest BCUT2D eigenvalue weighted by Crippen LogP contribution is 2.29. The molecule has 0 bridgehead atoms. The van der Waals surface area contributed by atoms with Gasteiger partial charge in [0.05, 0.1) is 0 Å². The third-order valence-electron chi connectivity index (χ3n) is 3.79. The Hall–Kier alpha value is -1.65. The average molecular weight is 249 g/mol. The van der Waals surface area contributed by atoms with Crippen molar-refractivity contribution in [3.8, 4) is 0 Å². The lowest BCUT2D eigenvalue weighted by atomic mass is 9.86. The molecule has 1 aliphatic rings. The van der Waals surface area contributed by atoms with Crippen LogP contribution in [0.25, 0.3) is 0 Å². The molecule has 0 aliphatic heterocycles. The molecule has 1 aliphatic carbocycles. The van der Waals surface area contributed by atoms with Crippen molar-refractivity contribution in [2.45, 2.75) is 38.6 Å². The number of anilines is 1. The van der Waals surface area contributed by atoms with Gasteiger partial charge in [-0.15, -0.1) is 0 Å². The van der Waals surface area contributed by atoms with Gasteiger partial charge in [-0.05, 0) is 31.6 Å². The van der Waals surface area contributed by atoms with Crippen molar-refractivity contribution in [3.05, 3.63) is 18.1 Å². The quantitative estimate of drug-likeness (QED) is 0.889. The third-order valence-corrected chi connectivity index (χ3v) is 3.79. The summed E-state index contributed by atoms with van der Waals surface area (Å²) in [6.45, 7) is 2.27. The Morgan fingerprint density at radius 1 is 1.39 bits per heavy atom. The van der Waals surface area contributed by atoms with Crippen LogP contribution in [-0.4, -0.2) is 34.1 Å². The summed E-state index contributed by atoms with van der Waals surface area (Å²) in [4.78, 5) is 21.1. The molecule has 5 heteroatoms. The van der Waals surface area contributed by atoms with E-state index < -0.39 is 5.97 Å². The molecule has 1 N–H and O–H groups in total. The van der Waals surface area contributed by atoms with E-state index >= 15 is 0 Å². The summed E-state index contributed by atoms with van der Waals surface area (Å²) in [7, 11) is 1.93. The molecule has 2 rings (SSSR count). The zero-order valence-electron chi connectivity index (χ0n) is 10.8. The van der Waals surface area contributed by atoms with Crippen LogP contribution in [0, 0.1) is 5.92 Å². The van der Waals surface area contributed by atoms with Gasteiger partial charge in [-0.2, -0.15) is 0 Å². The molecule has 0 radical (unpaired) electrons. The Bertz CT molecular complexity index is 428. The number of hydrogen-bond acceptors (Lipinski definition) is 4. The fourth-order valence-electron chi connectivity index (χ4n) is 2.56. The van der Waals surface area contributed by atoms with E-state index in [1.807, 2.05) is 11.9 Å². The summed E-state index contributed by atoms with van der Waals surface area (Å²) in [5.41, 5.74) is 0.179. The van der Waals surface area contributed by atoms with Crippen LogP contribution < -0.4 is 4.90 Å². The van der Waals surface area contributed by atoms with E-state index in [0.29, 0.717) is 11.9 Å². The van der Waals surface area contributed by atoms with Gasteiger partial charge in [-0.3, -0.25) is 0 Å². The van der Waals surface area contributed by atoms with Crippen molar-refractivity contribution in [3.63, 3.8) is 0 Å². The van der Waals surface area contributed by atoms with E-state index in [0.717, 1.165) is 18.8 Å². The Labute approximate surface area is 107 Å². The molecule has 0 amide bonds. The first-order valence-corrected chi connectivity index (χ1v) is 6.35. The van der Waals surface area contributed by atoms with Crippen molar-refractivity contribution < 1.29 is 9.90 Å². The van der Waals surface area contributed by atoms with Crippen LogP contribution in [0.15, 0.2) is 12.5 Å². The summed E-state index contributed by atoms with van der Waals surface area (Å²) in [6.07, 6.45) is 7.36. The van der Waals surface area contributed by atoms with Crippen molar-refractivity contribution in [2.75, 3.05) is 11.9 Å². The van der Waals surface area contributed by atoms with Gasteiger partial charge in [0.15, 0.2) is 0 Å². The molecule has 0 spiro atoms. The molecular formula is C13H19N3O2. The number of nitrogens with zero attached hydrogens (tertiary/aromatic N) is 3. The number of aromatic carboxylic acids is 1. The second kappa shape index (κ2) is 5.33. The predicted molar refractivity (Wildman–Crippen MR) is 68.8 cm³/mol. The zero-order valence-corrected chi connectivity index (χ0v) is 10.8. The van der Waals surface area contributed by atoms with E-state index in [1.165, 1.54) is 25.4 Å². The standard InChI is InChI=1S/C13H19N3O2/c1-9-3-5-10(6-4-9)16(2)12-11(13(17)18)7-14-8-15-12/h7-10H,3-6H2,1-2H3,(H,17,18). The fraction of sp³-hybridized carbons (Fsp3) is 0.615. The average Bonchev–Trinajstić information content (AvgIpc) is 2.39. The second-order valence-electron chi connectivity index (χ2n) is 5.09. The van der Waals surface area contributed by atoms with Crippen LogP contribution in [-0.2, 0) is 0 Å². The molecule has 5 nitrogen and oxygen atoms in total. The Kier molecular flexibility index (Phi) is 3.79. The molecule has 1 heterocycles. The van der Waals surface area contributed by atoms with Crippen molar-refractivity contribution >= 4 is 11.8 Å². The van der Waals surface area contributed by atoms with E-state index in [2.05, 4.69) is 16.9 Å². The number of aromatic nitrogens is 2. The van der Waals surface area contributed by atoms with Crippen molar-refractivity contribution in [1.29, 1.82) is 0 Å². The third kappa shape index (κ3) is 2.60. The maximum atomic E-state index is 11.2. The number of carbonyl (C=O) groups is 1. The van der Waals surface area contributed by atoms with Gasteiger partial charge in [0, 0.05) is 19.3 Å². The first kappa shape index (κ1) is 12.8. The topological polar surface area (TPSA) is 66.3 Å². The van der Waals surface area contributed by atoms with Gasteiger partial charge in [0.25, 0.3) is 0 Å². The van der Waals surface area contributed by atoms with Crippen LogP contribution in [0.5, 0.6) is 0 Å². The normalized spacial score (nSPS) is 23.7. The van der Waals surface area contributed by atoms with E-state index in [9.17, 15) is 4.79 Å². The largest absolute Gasteiger partial charge is 0.477 e. The SMILES string of the molecule is CC1CCC(N(C)c2ncncc2C(=O)O)CC1. The molecular weight excluding hydrogens is 230 g/mol. The summed E-state index contributed by atoms with van der Waals surface area (Å²) in [6, 6.07) is 0.384. The van der Waals surface area contributed by atoms with E-state index in [-0.39, 0.29) is 5.56 Å². The van der Waals surface area contributed by atoms with Crippen LogP contribution in [0.1, 0.15) is 43.0 Å². The van der Waals surface area contributed by atoms with E-state index in [4.69, 9.17) is 5.11 Å². The van der Waals surface area contributed by atoms with Gasteiger partial charge in [-0.25, -0.2) is 14.8 Å². The molecule has 0 unspecified atom stereocenters. The lowest BCUT2D eigenvalue weighted by molar-refractivity contribution is 0.0696. The minimum absolute atomic E-state index is 0.179. The Morgan fingerprint density at radius 2 is 2.06 bits per heavy atom. The van der Waals surface area contributed by atoms with Crippen LogP contribution >= 0.6 is 0 Å². The maximum absolute atomic E-state index is 11.2. The maximum Gasteiger partial charge on any atom is 0.341 e. The molecule has 0 atom stereocenters. The monoisotopic (exact) mass is 249 g/mol. The minimum Gasteiger partial charge on any atom is -0.477 e. The molecule has 1 fully saturated rings. The number of rotatable bonds is 3. The van der Waals surface area contributed by atoms with Gasteiger partial charge in [0.2, 0.25) is 0 Å². The lowest BCUT2D eigenvalue weighted by Gasteiger charge is -2.34. The van der Waals surface area contributed by atoms with Gasteiger partial charge >= 0.3 is 5.97 Å². The van der Waals surface area contributed by atoms with E-state index in [1.54, 1.807) is 0 Å². The lowest BCUT2D eigenvalue weighted by Crippen LogP contribution is -2.36. The summed E-state index contributed by atoms with van der Waals surface area (Å²) < 4.78 is 0. The summed E-state index contributed by atoms with van der Waals surface area (Å²) >= 11 is 0. The number of hydrogen-bond donors (Lipinski definition) is 1. The van der Waals surface area contributed by atoms with Gasteiger partial charge in [-0.1, -0.05) is 6.92 Å². The molecule has 0 saturated heterocycles. The zero-order chi connectivity index (χ0) is 13.1. The van der Waals surface area contributed by atoms with Crippen molar-refractivity contribution in [2.24, 2.45) is 5.92 Å². The molecule has 1 aromatic heterocycles. The minimum atomic E-state index is -0.971. The molecule has 1 saturated carbocycles. The molecule has 98 valence electrons. The first-order valence-electron chi connectivity index (χ1n) is 6.35. The van der Waals surface area contributed by atoms with Crippen molar-refractivity contribution in [1.82, 2.24) is 9.97 Å². The van der Waals surface area contributed by atoms with Crippen LogP contribution in [0.2, 0.25) is 0 Å². The molecule has 0 aromatic carbocycles. The number of carboxylic acid groups (broad SMARTS) is 1. The Balaban J connectivity index is 2.18. The summed E-state index contributed by atoms with van der Waals surface area (Å²) in [5.74, 6) is 0.331. The molecule has 18 heavy (non-hydrogen) atoms. The molecule has 1 aromatic rings. The highest BCUT2D eigenvalue weighted by Gasteiger charge is 2.25. The van der Waals surface area contributed by atoms with Gasteiger partial charge < -0.3 is 10.0 Å². The first-order chi connectivity index (χ1) is 8.59. The van der Waals surface area contributed by atoms with Gasteiger partial charge in [0.1, 0.15) is 17.7 Å². The highest BCUT2D eigenvalue weighted by atomic mass is 16.4. The fourth-order valence-corrected chi connectivity index (χ4v) is 2.56. The Morgan fingerprint density at radius 3 is 2.67 bits per heavy atom. The van der Waals surface area contributed by atoms with Crippen LogP contribution in [0.3, 0.4) is 0 Å². The predicted octanol–water partition coefficient (Wildman–Crippen LogP) is 2.19. The highest BCUT2D eigenvalue weighted by molar-refractivity contribution is 5.92. The van der Waals surface area contributed by atoms with Crippen LogP contribution in [0.4, 0.5) is 5.82 Å². The summed E-state index contributed by atoms with van der Waals surface area (Å²) in [5, 5.41) is 9.15. The smallest absolute Gasteiger partial charge is 0.341 e.